The Labute approximate surface area is 171 Å². The maximum atomic E-state index is 12.6. The highest BCUT2D eigenvalue weighted by atomic mass is 16.5. The molecule has 4 rings (SSSR count). The number of hydrogen-bond acceptors (Lipinski definition) is 4. The van der Waals surface area contributed by atoms with Gasteiger partial charge in [0.25, 0.3) is 0 Å². The van der Waals surface area contributed by atoms with Crippen LogP contribution in [0.5, 0.6) is 11.5 Å². The maximum absolute atomic E-state index is 12.6. The second kappa shape index (κ2) is 9.09. The highest BCUT2D eigenvalue weighted by Crippen LogP contribution is 2.28. The first kappa shape index (κ1) is 19.5. The van der Waals surface area contributed by atoms with E-state index >= 15 is 0 Å². The number of H-pyrrole nitrogens is 1. The number of amides is 1. The molecule has 0 saturated heterocycles. The molecule has 3 aromatic rings. The van der Waals surface area contributed by atoms with E-state index in [2.05, 4.69) is 20.6 Å². The van der Waals surface area contributed by atoms with Gasteiger partial charge in [0.15, 0.2) is 0 Å². The summed E-state index contributed by atoms with van der Waals surface area (Å²) in [6.45, 7) is 0. The van der Waals surface area contributed by atoms with Crippen LogP contribution in [0.25, 0.3) is 11.0 Å². The molecule has 1 aliphatic carbocycles. The summed E-state index contributed by atoms with van der Waals surface area (Å²) in [5.41, 5.74) is 1.90. The van der Waals surface area contributed by atoms with Gasteiger partial charge in [0.2, 0.25) is 5.91 Å². The number of carbonyl (C=O) groups is 1. The molecule has 29 heavy (non-hydrogen) atoms. The molecule has 6 heteroatoms. The number of nitrogens with one attached hydrogen (secondary N) is 3. The van der Waals surface area contributed by atoms with Crippen molar-refractivity contribution in [3.8, 4) is 11.5 Å². The zero-order valence-electron chi connectivity index (χ0n) is 16.8. The molecule has 0 unspecified atom stereocenters. The fourth-order valence-corrected chi connectivity index (χ4v) is 3.96. The van der Waals surface area contributed by atoms with Crippen molar-refractivity contribution in [1.82, 2.24) is 20.6 Å². The first-order valence-electron chi connectivity index (χ1n) is 10.4. The van der Waals surface area contributed by atoms with Crippen molar-refractivity contribution in [1.29, 1.82) is 0 Å². The van der Waals surface area contributed by atoms with Crippen LogP contribution in [0.2, 0.25) is 0 Å². The van der Waals surface area contributed by atoms with Crippen LogP contribution in [0.3, 0.4) is 0 Å². The largest absolute Gasteiger partial charge is 0.457 e. The van der Waals surface area contributed by atoms with E-state index in [0.29, 0.717) is 12.5 Å². The lowest BCUT2D eigenvalue weighted by atomic mass is 9.95. The number of aromatic nitrogens is 2. The number of fused-ring (bicyclic) bond motifs is 1. The fraction of sp³-hybridized carbons (Fsp3) is 0.391. The summed E-state index contributed by atoms with van der Waals surface area (Å²) in [6, 6.07) is 11.8. The topological polar surface area (TPSA) is 79.0 Å². The van der Waals surface area contributed by atoms with Gasteiger partial charge in [-0.2, -0.15) is 0 Å². The molecule has 1 fully saturated rings. The lowest BCUT2D eigenvalue weighted by Crippen LogP contribution is -2.48. The van der Waals surface area contributed by atoms with Crippen molar-refractivity contribution >= 4 is 16.9 Å². The Kier molecular flexibility index (Phi) is 6.10. The molecule has 0 radical (unpaired) electrons. The van der Waals surface area contributed by atoms with Crippen molar-refractivity contribution in [3.05, 3.63) is 54.4 Å². The van der Waals surface area contributed by atoms with Crippen LogP contribution in [0.4, 0.5) is 0 Å². The second-order valence-electron chi connectivity index (χ2n) is 7.68. The summed E-state index contributed by atoms with van der Waals surface area (Å²) in [4.78, 5) is 20.0. The van der Waals surface area contributed by atoms with Crippen molar-refractivity contribution < 1.29 is 9.53 Å². The molecule has 6 nitrogen and oxygen atoms in total. The summed E-state index contributed by atoms with van der Waals surface area (Å²) < 4.78 is 6.03. The molecule has 1 aromatic carbocycles. The van der Waals surface area contributed by atoms with E-state index in [0.717, 1.165) is 40.9 Å². The maximum Gasteiger partial charge on any atom is 0.237 e. The monoisotopic (exact) mass is 392 g/mol. The van der Waals surface area contributed by atoms with E-state index in [1.54, 1.807) is 6.20 Å². The number of ether oxygens (including phenoxy) is 1. The summed E-state index contributed by atoms with van der Waals surface area (Å²) >= 11 is 0. The van der Waals surface area contributed by atoms with Gasteiger partial charge in [0.1, 0.15) is 17.1 Å². The van der Waals surface area contributed by atoms with Gasteiger partial charge >= 0.3 is 0 Å². The Hall–Kier alpha value is -2.86. The van der Waals surface area contributed by atoms with Crippen molar-refractivity contribution in [2.75, 3.05) is 7.05 Å². The number of nitrogens with zero attached hydrogens (tertiary/aromatic N) is 1. The third-order valence-corrected chi connectivity index (χ3v) is 5.63. The molecule has 0 aliphatic heterocycles. The van der Waals surface area contributed by atoms with E-state index < -0.39 is 0 Å². The van der Waals surface area contributed by atoms with Crippen LogP contribution in [-0.4, -0.2) is 35.0 Å². The number of carbonyl (C=O) groups excluding carboxylic acids is 1. The molecular formula is C23H28N4O2. The van der Waals surface area contributed by atoms with Crippen LogP contribution in [-0.2, 0) is 11.2 Å². The normalized spacial score (nSPS) is 15.9. The van der Waals surface area contributed by atoms with Crippen LogP contribution < -0.4 is 15.4 Å². The third-order valence-electron chi connectivity index (χ3n) is 5.63. The standard InChI is InChI=1S/C23H28N4O2/c1-24-20(23(28)27-17-5-3-2-4-6-17)15-16-7-9-18(10-8-16)29-21-12-14-26-22-19(21)11-13-25-22/h7-14,17,20,24H,2-6,15H2,1H3,(H,25,26)(H,27,28)/t20-/m0/s1. The Balaban J connectivity index is 1.37. The molecule has 0 bridgehead atoms. The minimum absolute atomic E-state index is 0.0892. The fourth-order valence-electron chi connectivity index (χ4n) is 3.96. The average Bonchev–Trinajstić information content (AvgIpc) is 3.24. The molecule has 1 aliphatic rings. The third kappa shape index (κ3) is 4.77. The summed E-state index contributed by atoms with van der Waals surface area (Å²) in [5, 5.41) is 7.32. The molecule has 2 aromatic heterocycles. The van der Waals surface area contributed by atoms with Crippen LogP contribution >= 0.6 is 0 Å². The predicted molar refractivity (Wildman–Crippen MR) is 114 cm³/mol. The Morgan fingerprint density at radius 3 is 2.72 bits per heavy atom. The zero-order chi connectivity index (χ0) is 20.1. The molecule has 0 spiro atoms. The molecule has 1 amide bonds. The minimum Gasteiger partial charge on any atom is -0.457 e. The highest BCUT2D eigenvalue weighted by molar-refractivity contribution is 5.83. The number of aromatic amines is 1. The summed E-state index contributed by atoms with van der Waals surface area (Å²) in [5.74, 6) is 1.62. The van der Waals surface area contributed by atoms with E-state index in [-0.39, 0.29) is 11.9 Å². The lowest BCUT2D eigenvalue weighted by molar-refractivity contribution is -0.123. The quantitative estimate of drug-likeness (QED) is 0.569. The molecule has 152 valence electrons. The molecule has 2 heterocycles. The molecular weight excluding hydrogens is 364 g/mol. The Morgan fingerprint density at radius 1 is 1.17 bits per heavy atom. The average molecular weight is 393 g/mol. The van der Waals surface area contributed by atoms with Gasteiger partial charge in [0.05, 0.1) is 11.4 Å². The van der Waals surface area contributed by atoms with Gasteiger partial charge in [0, 0.05) is 18.4 Å². The van der Waals surface area contributed by atoms with E-state index in [1.807, 2.05) is 49.6 Å². The predicted octanol–water partition coefficient (Wildman–Crippen LogP) is 3.93. The highest BCUT2D eigenvalue weighted by Gasteiger charge is 2.21. The van der Waals surface area contributed by atoms with E-state index in [4.69, 9.17) is 4.74 Å². The van der Waals surface area contributed by atoms with Crippen molar-refractivity contribution in [3.63, 3.8) is 0 Å². The van der Waals surface area contributed by atoms with E-state index in [1.165, 1.54) is 19.3 Å². The number of pyridine rings is 1. The van der Waals surface area contributed by atoms with Gasteiger partial charge in [-0.05, 0) is 56.1 Å². The van der Waals surface area contributed by atoms with Gasteiger partial charge < -0.3 is 20.4 Å². The SMILES string of the molecule is CN[C@@H](Cc1ccc(Oc2ccnc3[nH]ccc23)cc1)C(=O)NC1CCCCC1. The van der Waals surface area contributed by atoms with Crippen LogP contribution in [0, 0.1) is 0 Å². The molecule has 1 saturated carbocycles. The van der Waals surface area contributed by atoms with Gasteiger partial charge in [-0.25, -0.2) is 4.98 Å². The summed E-state index contributed by atoms with van der Waals surface area (Å²) in [6.07, 6.45) is 10.1. The number of benzene rings is 1. The molecule has 1 atom stereocenters. The first-order valence-corrected chi connectivity index (χ1v) is 10.4. The Bertz CT molecular complexity index is 945. The van der Waals surface area contributed by atoms with Gasteiger partial charge in [-0.1, -0.05) is 31.4 Å². The second-order valence-corrected chi connectivity index (χ2v) is 7.68. The first-order chi connectivity index (χ1) is 14.2. The number of rotatable bonds is 7. The van der Waals surface area contributed by atoms with Gasteiger partial charge in [-0.15, -0.1) is 0 Å². The smallest absolute Gasteiger partial charge is 0.237 e. The van der Waals surface area contributed by atoms with E-state index in [9.17, 15) is 4.79 Å². The number of likely N-dealkylation sites (N-methyl/N-ethyl adjacent to an activating group) is 1. The van der Waals surface area contributed by atoms with Crippen molar-refractivity contribution in [2.45, 2.75) is 50.6 Å². The number of hydrogen-bond donors (Lipinski definition) is 3. The molecule has 3 N–H and O–H groups in total. The van der Waals surface area contributed by atoms with Crippen LogP contribution in [0.1, 0.15) is 37.7 Å². The van der Waals surface area contributed by atoms with Crippen LogP contribution in [0.15, 0.2) is 48.8 Å². The summed E-state index contributed by atoms with van der Waals surface area (Å²) in [7, 11) is 1.84. The Morgan fingerprint density at radius 2 is 1.97 bits per heavy atom. The minimum atomic E-state index is -0.233. The lowest BCUT2D eigenvalue weighted by Gasteiger charge is -2.25. The zero-order valence-corrected chi connectivity index (χ0v) is 16.8. The van der Waals surface area contributed by atoms with Crippen molar-refractivity contribution in [2.24, 2.45) is 0 Å². The van der Waals surface area contributed by atoms with Gasteiger partial charge in [-0.3, -0.25) is 4.79 Å².